The van der Waals surface area contributed by atoms with Gasteiger partial charge in [0.2, 0.25) is 5.88 Å². The number of nitrogens with zero attached hydrogens (tertiary/aromatic N) is 1. The molecular weight excluding hydrogens is 264 g/mol. The van der Waals surface area contributed by atoms with Crippen molar-refractivity contribution in [3.8, 4) is 17.3 Å². The van der Waals surface area contributed by atoms with Crippen LogP contribution < -0.4 is 5.56 Å². The Balaban J connectivity index is 2.22. The number of hydrogen-bond donors (Lipinski definition) is 2. The second-order valence-electron chi connectivity index (χ2n) is 4.99. The van der Waals surface area contributed by atoms with Crippen LogP contribution in [0.4, 0.5) is 0 Å². The maximum absolute atomic E-state index is 12.1. The molecule has 0 saturated carbocycles. The number of benzene rings is 2. The first-order valence-corrected chi connectivity index (χ1v) is 7.01. The summed E-state index contributed by atoms with van der Waals surface area (Å²) in [4.78, 5) is 19.1. The minimum atomic E-state index is -0.271. The van der Waals surface area contributed by atoms with E-state index < -0.39 is 0 Å². The van der Waals surface area contributed by atoms with E-state index in [1.165, 1.54) is 0 Å². The van der Waals surface area contributed by atoms with Crippen LogP contribution in [0.3, 0.4) is 0 Å². The molecule has 0 aliphatic rings. The average molecular weight is 280 g/mol. The number of fused-ring (bicyclic) bond motifs is 1. The Labute approximate surface area is 122 Å². The van der Waals surface area contributed by atoms with Gasteiger partial charge in [-0.1, -0.05) is 55.8 Å². The molecular formula is C17H16N2O2. The van der Waals surface area contributed by atoms with E-state index in [9.17, 15) is 9.90 Å². The lowest BCUT2D eigenvalue weighted by molar-refractivity contribution is 0.443. The fourth-order valence-electron chi connectivity index (χ4n) is 2.52. The van der Waals surface area contributed by atoms with Crippen LogP contribution in [0.2, 0.25) is 0 Å². The van der Waals surface area contributed by atoms with Gasteiger partial charge in [-0.25, -0.2) is 0 Å². The molecule has 0 atom stereocenters. The number of aromatic hydroxyl groups is 1. The summed E-state index contributed by atoms with van der Waals surface area (Å²) in [5.74, 6) is 0.220. The second-order valence-corrected chi connectivity index (χ2v) is 4.99. The lowest BCUT2D eigenvalue weighted by Gasteiger charge is -2.08. The molecule has 4 nitrogen and oxygen atoms in total. The SMILES string of the molecule is CCCc1c(O)nc(-c2cccc3ccccc23)[nH]c1=O. The molecule has 0 saturated heterocycles. The zero-order valence-corrected chi connectivity index (χ0v) is 11.8. The van der Waals surface area contributed by atoms with Gasteiger partial charge in [0, 0.05) is 5.56 Å². The van der Waals surface area contributed by atoms with Crippen LogP contribution in [0.5, 0.6) is 5.88 Å². The molecule has 0 fully saturated rings. The lowest BCUT2D eigenvalue weighted by Crippen LogP contribution is -2.15. The van der Waals surface area contributed by atoms with Crippen molar-refractivity contribution in [1.29, 1.82) is 0 Å². The summed E-state index contributed by atoms with van der Waals surface area (Å²) in [6, 6.07) is 13.7. The number of H-pyrrole nitrogens is 1. The first-order chi connectivity index (χ1) is 10.2. The smallest absolute Gasteiger partial charge is 0.258 e. The Bertz CT molecular complexity index is 848. The fourth-order valence-corrected chi connectivity index (χ4v) is 2.52. The monoisotopic (exact) mass is 280 g/mol. The molecule has 3 aromatic rings. The van der Waals surface area contributed by atoms with Crippen molar-refractivity contribution in [2.75, 3.05) is 0 Å². The van der Waals surface area contributed by atoms with Gasteiger partial charge in [0.25, 0.3) is 5.56 Å². The van der Waals surface area contributed by atoms with Gasteiger partial charge in [0.05, 0.1) is 5.56 Å². The Hall–Kier alpha value is -2.62. The average Bonchev–Trinajstić information content (AvgIpc) is 2.50. The zero-order chi connectivity index (χ0) is 14.8. The third-order valence-electron chi connectivity index (χ3n) is 3.54. The largest absolute Gasteiger partial charge is 0.493 e. The highest BCUT2D eigenvalue weighted by Crippen LogP contribution is 2.26. The van der Waals surface area contributed by atoms with Crippen molar-refractivity contribution in [2.45, 2.75) is 19.8 Å². The number of aromatic amines is 1. The van der Waals surface area contributed by atoms with Crippen LogP contribution in [-0.4, -0.2) is 15.1 Å². The summed E-state index contributed by atoms with van der Waals surface area (Å²) < 4.78 is 0. The molecule has 106 valence electrons. The summed E-state index contributed by atoms with van der Waals surface area (Å²) in [5, 5.41) is 12.1. The van der Waals surface area contributed by atoms with Gasteiger partial charge in [-0.2, -0.15) is 4.98 Å². The van der Waals surface area contributed by atoms with Gasteiger partial charge in [-0.15, -0.1) is 0 Å². The Morgan fingerprint density at radius 2 is 1.90 bits per heavy atom. The van der Waals surface area contributed by atoms with Gasteiger partial charge in [0.1, 0.15) is 5.82 Å². The van der Waals surface area contributed by atoms with Gasteiger partial charge in [0.15, 0.2) is 0 Å². The van der Waals surface area contributed by atoms with E-state index in [1.54, 1.807) is 0 Å². The molecule has 3 rings (SSSR count). The highest BCUT2D eigenvalue weighted by atomic mass is 16.3. The van der Waals surface area contributed by atoms with Crippen LogP contribution in [0, 0.1) is 0 Å². The highest BCUT2D eigenvalue weighted by molar-refractivity contribution is 5.95. The van der Waals surface area contributed by atoms with Crippen molar-refractivity contribution in [3.05, 3.63) is 58.4 Å². The number of aromatic nitrogens is 2. The summed E-state index contributed by atoms with van der Waals surface area (Å²) >= 11 is 0. The molecule has 0 unspecified atom stereocenters. The van der Waals surface area contributed by atoms with E-state index in [1.807, 2.05) is 49.4 Å². The molecule has 2 aromatic carbocycles. The van der Waals surface area contributed by atoms with Crippen LogP contribution in [0.15, 0.2) is 47.3 Å². The number of nitrogens with one attached hydrogen (secondary N) is 1. The Morgan fingerprint density at radius 1 is 1.14 bits per heavy atom. The Kier molecular flexibility index (Phi) is 3.44. The van der Waals surface area contributed by atoms with Crippen molar-refractivity contribution >= 4 is 10.8 Å². The highest BCUT2D eigenvalue weighted by Gasteiger charge is 2.12. The van der Waals surface area contributed by atoms with E-state index in [0.717, 1.165) is 22.8 Å². The molecule has 0 amide bonds. The zero-order valence-electron chi connectivity index (χ0n) is 11.8. The van der Waals surface area contributed by atoms with E-state index in [4.69, 9.17) is 0 Å². The quantitative estimate of drug-likeness (QED) is 0.774. The molecule has 0 radical (unpaired) electrons. The maximum Gasteiger partial charge on any atom is 0.258 e. The first-order valence-electron chi connectivity index (χ1n) is 7.01. The normalized spacial score (nSPS) is 10.9. The predicted octanol–water partition coefficient (Wildman–Crippen LogP) is 3.25. The predicted molar refractivity (Wildman–Crippen MR) is 83.5 cm³/mol. The van der Waals surface area contributed by atoms with Crippen LogP contribution in [0.25, 0.3) is 22.2 Å². The van der Waals surface area contributed by atoms with Crippen molar-refractivity contribution < 1.29 is 5.11 Å². The van der Waals surface area contributed by atoms with E-state index in [0.29, 0.717) is 17.8 Å². The second kappa shape index (κ2) is 5.40. The minimum absolute atomic E-state index is 0.177. The van der Waals surface area contributed by atoms with Crippen molar-refractivity contribution in [3.63, 3.8) is 0 Å². The van der Waals surface area contributed by atoms with Crippen molar-refractivity contribution in [2.24, 2.45) is 0 Å². The summed E-state index contributed by atoms with van der Waals surface area (Å²) in [6.45, 7) is 1.96. The number of rotatable bonds is 3. The molecule has 0 aliphatic heterocycles. The third-order valence-corrected chi connectivity index (χ3v) is 3.54. The van der Waals surface area contributed by atoms with Gasteiger partial charge in [-0.05, 0) is 17.2 Å². The standard InChI is InChI=1S/C17H16N2O2/c1-2-6-14-16(20)18-15(19-17(14)21)13-10-5-8-11-7-3-4-9-12(11)13/h3-5,7-10H,2,6H2,1H3,(H2,18,19,20,21). The molecule has 1 aromatic heterocycles. The molecule has 0 spiro atoms. The number of hydrogen-bond acceptors (Lipinski definition) is 3. The first kappa shape index (κ1) is 13.4. The molecule has 2 N–H and O–H groups in total. The minimum Gasteiger partial charge on any atom is -0.493 e. The van der Waals surface area contributed by atoms with E-state index in [-0.39, 0.29) is 11.4 Å². The summed E-state index contributed by atoms with van der Waals surface area (Å²) in [6.07, 6.45) is 1.30. The molecule has 4 heteroatoms. The summed E-state index contributed by atoms with van der Waals surface area (Å²) in [5.41, 5.74) is 0.886. The maximum atomic E-state index is 12.1. The van der Waals surface area contributed by atoms with Crippen LogP contribution in [0.1, 0.15) is 18.9 Å². The topological polar surface area (TPSA) is 66.0 Å². The van der Waals surface area contributed by atoms with Crippen molar-refractivity contribution in [1.82, 2.24) is 9.97 Å². The van der Waals surface area contributed by atoms with E-state index >= 15 is 0 Å². The lowest BCUT2D eigenvalue weighted by atomic mass is 10.0. The Morgan fingerprint density at radius 3 is 2.67 bits per heavy atom. The molecule has 0 aliphatic carbocycles. The molecule has 0 bridgehead atoms. The summed E-state index contributed by atoms with van der Waals surface area (Å²) in [7, 11) is 0. The molecule has 1 heterocycles. The van der Waals surface area contributed by atoms with Crippen LogP contribution >= 0.6 is 0 Å². The molecule has 21 heavy (non-hydrogen) atoms. The third kappa shape index (κ3) is 2.40. The fraction of sp³-hybridized carbons (Fsp3) is 0.176. The van der Waals surface area contributed by atoms with Gasteiger partial charge >= 0.3 is 0 Å². The van der Waals surface area contributed by atoms with Crippen LogP contribution in [-0.2, 0) is 6.42 Å². The van der Waals surface area contributed by atoms with E-state index in [2.05, 4.69) is 9.97 Å². The van der Waals surface area contributed by atoms with Gasteiger partial charge in [-0.3, -0.25) is 4.79 Å². The van der Waals surface area contributed by atoms with Gasteiger partial charge < -0.3 is 10.1 Å².